The van der Waals surface area contributed by atoms with Crippen molar-refractivity contribution in [2.45, 2.75) is 12.8 Å². The molecule has 0 aromatic heterocycles. The normalized spacial score (nSPS) is 22.8. The Labute approximate surface area is 86.9 Å². The molecule has 13 heavy (non-hydrogen) atoms. The van der Waals surface area contributed by atoms with E-state index in [1.54, 1.807) is 0 Å². The number of nitrogens with zero attached hydrogens (tertiary/aromatic N) is 1. The van der Waals surface area contributed by atoms with E-state index in [0.717, 1.165) is 25.6 Å². The Balaban J connectivity index is 0.00000144. The van der Waals surface area contributed by atoms with E-state index in [1.807, 2.05) is 0 Å². The van der Waals surface area contributed by atoms with Gasteiger partial charge in [-0.2, -0.15) is 0 Å². The van der Waals surface area contributed by atoms with Crippen LogP contribution in [0.5, 0.6) is 0 Å². The van der Waals surface area contributed by atoms with Gasteiger partial charge >= 0.3 is 0 Å². The van der Waals surface area contributed by atoms with Gasteiger partial charge in [0.1, 0.15) is 0 Å². The van der Waals surface area contributed by atoms with E-state index >= 15 is 0 Å². The summed E-state index contributed by atoms with van der Waals surface area (Å²) >= 11 is 0. The van der Waals surface area contributed by atoms with Crippen LogP contribution in [0.4, 0.5) is 0 Å². The van der Waals surface area contributed by atoms with Gasteiger partial charge in [-0.25, -0.2) is 0 Å². The van der Waals surface area contributed by atoms with Gasteiger partial charge in [0.25, 0.3) is 0 Å². The van der Waals surface area contributed by atoms with Gasteiger partial charge in [-0.1, -0.05) is 0 Å². The summed E-state index contributed by atoms with van der Waals surface area (Å²) in [6.45, 7) is 4.52. The zero-order valence-corrected chi connectivity index (χ0v) is 9.15. The number of hydrogen-bond donors (Lipinski definition) is 2. The summed E-state index contributed by atoms with van der Waals surface area (Å²) in [5.41, 5.74) is 0. The van der Waals surface area contributed by atoms with Crippen LogP contribution < -0.4 is 5.32 Å². The van der Waals surface area contributed by atoms with Crippen LogP contribution in [0.2, 0.25) is 0 Å². The fourth-order valence-corrected chi connectivity index (χ4v) is 1.78. The molecule has 3 nitrogen and oxygen atoms in total. The van der Waals surface area contributed by atoms with Crippen molar-refractivity contribution < 1.29 is 5.11 Å². The van der Waals surface area contributed by atoms with Crippen molar-refractivity contribution in [3.63, 3.8) is 0 Å². The minimum absolute atomic E-state index is 0. The molecule has 0 aromatic carbocycles. The molecular formula is C9H21ClN2O. The van der Waals surface area contributed by atoms with E-state index in [0.29, 0.717) is 0 Å². The molecule has 4 heteroatoms. The second-order valence-corrected chi connectivity index (χ2v) is 3.70. The largest absolute Gasteiger partial charge is 0.395 e. The van der Waals surface area contributed by atoms with Crippen molar-refractivity contribution in [1.29, 1.82) is 0 Å². The third-order valence-electron chi connectivity index (χ3n) is 2.45. The van der Waals surface area contributed by atoms with Crippen LogP contribution in [0.1, 0.15) is 12.8 Å². The summed E-state index contributed by atoms with van der Waals surface area (Å²) in [7, 11) is 2.07. The smallest absolute Gasteiger partial charge is 0.0558 e. The quantitative estimate of drug-likeness (QED) is 0.699. The molecular weight excluding hydrogens is 188 g/mol. The number of likely N-dealkylation sites (N-methyl/N-ethyl adjacent to an activating group) is 1. The number of aliphatic hydroxyl groups excluding tert-OH is 1. The molecule has 0 aliphatic carbocycles. The highest BCUT2D eigenvalue weighted by atomic mass is 35.5. The third kappa shape index (κ3) is 5.47. The van der Waals surface area contributed by atoms with Crippen LogP contribution >= 0.6 is 12.4 Å². The van der Waals surface area contributed by atoms with Crippen molar-refractivity contribution in [3.05, 3.63) is 0 Å². The Bertz CT molecular complexity index is 118. The molecule has 0 aromatic rings. The van der Waals surface area contributed by atoms with Crippen LogP contribution in [-0.2, 0) is 0 Å². The average molecular weight is 209 g/mol. The number of rotatable bonds is 4. The highest BCUT2D eigenvalue weighted by molar-refractivity contribution is 5.85. The molecule has 0 bridgehead atoms. The summed E-state index contributed by atoms with van der Waals surface area (Å²) in [5.74, 6) is 0.787. The SMILES string of the molecule is CN(CCO)CC1CCCNC1.Cl. The van der Waals surface area contributed by atoms with Gasteiger partial charge in [0, 0.05) is 13.1 Å². The van der Waals surface area contributed by atoms with Gasteiger partial charge in [0.2, 0.25) is 0 Å². The number of nitrogens with one attached hydrogen (secondary N) is 1. The monoisotopic (exact) mass is 208 g/mol. The average Bonchev–Trinajstić information content (AvgIpc) is 2.06. The molecule has 1 rings (SSSR count). The first kappa shape index (κ1) is 13.2. The van der Waals surface area contributed by atoms with Gasteiger partial charge in [0.15, 0.2) is 0 Å². The first-order chi connectivity index (χ1) is 5.83. The number of aliphatic hydroxyl groups is 1. The van der Waals surface area contributed by atoms with Gasteiger partial charge in [-0.05, 0) is 38.9 Å². The predicted octanol–water partition coefficient (Wildman–Crippen LogP) is 0.332. The zero-order valence-electron chi connectivity index (χ0n) is 8.33. The molecule has 1 heterocycles. The number of piperidine rings is 1. The first-order valence-electron chi connectivity index (χ1n) is 4.83. The van der Waals surface area contributed by atoms with E-state index in [-0.39, 0.29) is 19.0 Å². The lowest BCUT2D eigenvalue weighted by molar-refractivity contribution is 0.190. The molecule has 80 valence electrons. The minimum Gasteiger partial charge on any atom is -0.395 e. The van der Waals surface area contributed by atoms with Crippen molar-refractivity contribution >= 4 is 12.4 Å². The van der Waals surface area contributed by atoms with E-state index in [9.17, 15) is 0 Å². The number of halogens is 1. The summed E-state index contributed by atoms with van der Waals surface area (Å²) < 4.78 is 0. The third-order valence-corrected chi connectivity index (χ3v) is 2.45. The van der Waals surface area contributed by atoms with Crippen LogP contribution in [-0.4, -0.2) is 49.8 Å². The summed E-state index contributed by atoms with van der Waals surface area (Å²) in [5, 5.41) is 12.1. The Morgan fingerprint density at radius 3 is 2.85 bits per heavy atom. The Morgan fingerprint density at radius 2 is 2.31 bits per heavy atom. The number of hydrogen-bond acceptors (Lipinski definition) is 3. The molecule has 1 fully saturated rings. The minimum atomic E-state index is 0. The van der Waals surface area contributed by atoms with Gasteiger partial charge in [-0.15, -0.1) is 12.4 Å². The molecule has 1 unspecified atom stereocenters. The lowest BCUT2D eigenvalue weighted by atomic mass is 9.99. The van der Waals surface area contributed by atoms with E-state index < -0.39 is 0 Å². The molecule has 0 radical (unpaired) electrons. The highest BCUT2D eigenvalue weighted by Crippen LogP contribution is 2.10. The highest BCUT2D eigenvalue weighted by Gasteiger charge is 2.14. The lowest BCUT2D eigenvalue weighted by Gasteiger charge is -2.27. The molecule has 1 atom stereocenters. The molecule has 1 aliphatic heterocycles. The van der Waals surface area contributed by atoms with Gasteiger partial charge in [0.05, 0.1) is 6.61 Å². The Morgan fingerprint density at radius 1 is 1.54 bits per heavy atom. The summed E-state index contributed by atoms with van der Waals surface area (Å²) in [6, 6.07) is 0. The zero-order chi connectivity index (χ0) is 8.81. The van der Waals surface area contributed by atoms with E-state index in [4.69, 9.17) is 5.11 Å². The van der Waals surface area contributed by atoms with E-state index in [1.165, 1.54) is 19.4 Å². The second-order valence-electron chi connectivity index (χ2n) is 3.70. The molecule has 0 amide bonds. The van der Waals surface area contributed by atoms with Gasteiger partial charge < -0.3 is 15.3 Å². The van der Waals surface area contributed by atoms with Crippen LogP contribution in [0.15, 0.2) is 0 Å². The maximum absolute atomic E-state index is 8.71. The van der Waals surface area contributed by atoms with Crippen molar-refractivity contribution in [1.82, 2.24) is 10.2 Å². The molecule has 0 spiro atoms. The van der Waals surface area contributed by atoms with Crippen molar-refractivity contribution in [2.75, 3.05) is 39.8 Å². The summed E-state index contributed by atoms with van der Waals surface area (Å²) in [6.07, 6.45) is 2.64. The topological polar surface area (TPSA) is 35.5 Å². The Kier molecular flexibility index (Phi) is 7.66. The summed E-state index contributed by atoms with van der Waals surface area (Å²) in [4.78, 5) is 2.21. The van der Waals surface area contributed by atoms with Crippen LogP contribution in [0, 0.1) is 5.92 Å². The van der Waals surface area contributed by atoms with Crippen LogP contribution in [0.25, 0.3) is 0 Å². The predicted molar refractivity (Wildman–Crippen MR) is 57.4 cm³/mol. The van der Waals surface area contributed by atoms with Crippen LogP contribution in [0.3, 0.4) is 0 Å². The molecule has 1 aliphatic rings. The maximum atomic E-state index is 8.71. The Hall–Kier alpha value is 0.170. The molecule has 2 N–H and O–H groups in total. The lowest BCUT2D eigenvalue weighted by Crippen LogP contribution is -2.37. The van der Waals surface area contributed by atoms with E-state index in [2.05, 4.69) is 17.3 Å². The fraction of sp³-hybridized carbons (Fsp3) is 1.00. The first-order valence-corrected chi connectivity index (χ1v) is 4.83. The van der Waals surface area contributed by atoms with Gasteiger partial charge in [-0.3, -0.25) is 0 Å². The van der Waals surface area contributed by atoms with Crippen molar-refractivity contribution in [2.24, 2.45) is 5.92 Å². The standard InChI is InChI=1S/C9H20N2O.ClH/c1-11(5-6-12)8-9-3-2-4-10-7-9;/h9-10,12H,2-8H2,1H3;1H. The molecule has 1 saturated heterocycles. The maximum Gasteiger partial charge on any atom is 0.0558 e. The van der Waals surface area contributed by atoms with Crippen molar-refractivity contribution in [3.8, 4) is 0 Å². The molecule has 0 saturated carbocycles. The fourth-order valence-electron chi connectivity index (χ4n) is 1.78. The second kappa shape index (κ2) is 7.56.